The Labute approximate surface area is 97.7 Å². The summed E-state index contributed by atoms with van der Waals surface area (Å²) in [7, 11) is 0. The van der Waals surface area contributed by atoms with Gasteiger partial charge in [0.15, 0.2) is 11.6 Å². The van der Waals surface area contributed by atoms with Crippen LogP contribution in [-0.2, 0) is 14.2 Å². The van der Waals surface area contributed by atoms with Gasteiger partial charge in [0.25, 0.3) is 0 Å². The van der Waals surface area contributed by atoms with Crippen LogP contribution >= 0.6 is 11.3 Å². The summed E-state index contributed by atoms with van der Waals surface area (Å²) in [4.78, 5) is 0.999. The third-order valence-corrected chi connectivity index (χ3v) is 4.00. The molecule has 2 aliphatic rings. The first-order valence-corrected chi connectivity index (χ1v) is 6.14. The number of ether oxygens (including phenoxy) is 3. The average molecular weight is 242 g/mol. The van der Waals surface area contributed by atoms with Crippen LogP contribution in [0.3, 0.4) is 0 Å². The van der Waals surface area contributed by atoms with E-state index in [2.05, 4.69) is 0 Å². The van der Waals surface area contributed by atoms with Crippen LogP contribution in [0.1, 0.15) is 24.8 Å². The highest BCUT2D eigenvalue weighted by atomic mass is 32.1. The van der Waals surface area contributed by atoms with E-state index in [0.29, 0.717) is 6.61 Å². The lowest BCUT2D eigenvalue weighted by atomic mass is 10.0. The van der Waals surface area contributed by atoms with Crippen molar-refractivity contribution in [3.8, 4) is 0 Å². The zero-order chi connectivity index (χ0) is 11.4. The lowest BCUT2D eigenvalue weighted by Gasteiger charge is -2.41. The molecule has 4 nitrogen and oxygen atoms in total. The van der Waals surface area contributed by atoms with Crippen molar-refractivity contribution in [2.24, 2.45) is 0 Å². The molecule has 5 heteroatoms. The van der Waals surface area contributed by atoms with Crippen molar-refractivity contribution < 1.29 is 19.3 Å². The minimum atomic E-state index is -0.957. The first-order valence-electron chi connectivity index (χ1n) is 5.26. The van der Waals surface area contributed by atoms with Crippen LogP contribution < -0.4 is 0 Å². The molecule has 1 aromatic heterocycles. The summed E-state index contributed by atoms with van der Waals surface area (Å²) in [5, 5.41) is 12.2. The Kier molecular flexibility index (Phi) is 2.18. The van der Waals surface area contributed by atoms with Gasteiger partial charge in [-0.3, -0.25) is 0 Å². The van der Waals surface area contributed by atoms with Crippen molar-refractivity contribution in [1.29, 1.82) is 0 Å². The van der Waals surface area contributed by atoms with E-state index >= 15 is 0 Å². The molecule has 2 fully saturated rings. The lowest BCUT2D eigenvalue weighted by Crippen LogP contribution is -2.52. The highest BCUT2D eigenvalue weighted by Gasteiger charge is 2.59. The summed E-state index contributed by atoms with van der Waals surface area (Å²) in [5.74, 6) is -1.70. The molecule has 2 saturated heterocycles. The minimum absolute atomic E-state index is 0.350. The van der Waals surface area contributed by atoms with Gasteiger partial charge >= 0.3 is 0 Å². The molecule has 1 N–H and O–H groups in total. The van der Waals surface area contributed by atoms with Gasteiger partial charge in [-0.15, -0.1) is 11.3 Å². The Balaban J connectivity index is 1.97. The lowest BCUT2D eigenvalue weighted by molar-refractivity contribution is -0.359. The molecule has 4 atom stereocenters. The van der Waals surface area contributed by atoms with Gasteiger partial charge in [-0.05, 0) is 25.3 Å². The third-order valence-electron chi connectivity index (χ3n) is 3.06. The maximum Gasteiger partial charge on any atom is 0.198 e. The molecule has 16 heavy (non-hydrogen) atoms. The van der Waals surface area contributed by atoms with Gasteiger partial charge < -0.3 is 19.3 Å². The van der Waals surface area contributed by atoms with Crippen molar-refractivity contribution in [1.82, 2.24) is 0 Å². The van der Waals surface area contributed by atoms with Crippen molar-refractivity contribution in [3.05, 3.63) is 22.4 Å². The molecule has 0 radical (unpaired) electrons. The molecular weight excluding hydrogens is 228 g/mol. The fraction of sp³-hybridized carbons (Fsp3) is 0.636. The molecule has 0 aliphatic carbocycles. The molecule has 3 rings (SSSR count). The number of fused-ring (bicyclic) bond motifs is 2. The van der Waals surface area contributed by atoms with Crippen LogP contribution in [0.4, 0.5) is 0 Å². The van der Waals surface area contributed by atoms with Gasteiger partial charge in [0.1, 0.15) is 18.8 Å². The molecule has 0 amide bonds. The van der Waals surface area contributed by atoms with Crippen molar-refractivity contribution in [2.45, 2.75) is 37.6 Å². The molecule has 3 heterocycles. The Morgan fingerprint density at radius 1 is 1.50 bits per heavy atom. The average Bonchev–Trinajstić information content (AvgIpc) is 2.81. The van der Waals surface area contributed by atoms with Crippen molar-refractivity contribution >= 4 is 11.3 Å². The van der Waals surface area contributed by atoms with Crippen LogP contribution in [0.25, 0.3) is 0 Å². The van der Waals surface area contributed by atoms with E-state index in [1.807, 2.05) is 24.4 Å². The normalized spacial score (nSPS) is 47.2. The van der Waals surface area contributed by atoms with E-state index in [4.69, 9.17) is 14.2 Å². The highest BCUT2D eigenvalue weighted by Crippen LogP contribution is 2.47. The highest BCUT2D eigenvalue weighted by molar-refractivity contribution is 7.10. The molecule has 0 saturated carbocycles. The predicted octanol–water partition coefficient (Wildman–Crippen LogP) is 1.66. The van der Waals surface area contributed by atoms with E-state index in [-0.39, 0.29) is 6.10 Å². The fourth-order valence-corrected chi connectivity index (χ4v) is 3.02. The van der Waals surface area contributed by atoms with Crippen LogP contribution in [0.5, 0.6) is 0 Å². The van der Waals surface area contributed by atoms with E-state index in [1.165, 1.54) is 0 Å². The summed E-state index contributed by atoms with van der Waals surface area (Å²) in [5.41, 5.74) is 0. The first kappa shape index (κ1) is 10.7. The topological polar surface area (TPSA) is 47.9 Å². The number of aliphatic hydroxyl groups is 1. The SMILES string of the molecule is C[C@@]12CO[C@@](C)(O1)[C@@H](O)[C@@H](c1cccs1)O2. The summed E-state index contributed by atoms with van der Waals surface area (Å²) in [6, 6.07) is 3.90. The van der Waals surface area contributed by atoms with Gasteiger partial charge in [-0.2, -0.15) is 0 Å². The number of aliphatic hydroxyl groups excluding tert-OH is 1. The predicted molar refractivity (Wildman–Crippen MR) is 58.0 cm³/mol. The Morgan fingerprint density at radius 3 is 3.00 bits per heavy atom. The van der Waals surface area contributed by atoms with Gasteiger partial charge in [0.05, 0.1) is 0 Å². The van der Waals surface area contributed by atoms with Crippen molar-refractivity contribution in [3.63, 3.8) is 0 Å². The number of hydrogen-bond acceptors (Lipinski definition) is 5. The quantitative estimate of drug-likeness (QED) is 0.813. The molecular formula is C11H14O4S. The van der Waals surface area contributed by atoms with Gasteiger partial charge in [0.2, 0.25) is 0 Å². The van der Waals surface area contributed by atoms with E-state index in [0.717, 1.165) is 4.88 Å². The zero-order valence-electron chi connectivity index (χ0n) is 9.17. The standard InChI is InChI=1S/C11H14O4S/c1-10-6-13-11(2,15-10)9(12)8(14-10)7-4-3-5-16-7/h3-5,8-9,12H,6H2,1-2H3/t8-,9+,10+,11+/m1/s1. The summed E-state index contributed by atoms with van der Waals surface area (Å²) >= 11 is 1.57. The summed E-state index contributed by atoms with van der Waals surface area (Å²) < 4.78 is 16.9. The molecule has 2 aliphatic heterocycles. The van der Waals surface area contributed by atoms with Gasteiger partial charge in [0, 0.05) is 4.88 Å². The van der Waals surface area contributed by atoms with Crippen molar-refractivity contribution in [2.75, 3.05) is 6.61 Å². The second kappa shape index (κ2) is 3.27. The molecule has 88 valence electrons. The fourth-order valence-electron chi connectivity index (χ4n) is 2.24. The Bertz CT molecular complexity index is 393. The van der Waals surface area contributed by atoms with Crippen LogP contribution in [-0.4, -0.2) is 29.4 Å². The van der Waals surface area contributed by atoms with Crippen LogP contribution in [0.2, 0.25) is 0 Å². The Hall–Kier alpha value is -0.460. The second-order valence-corrected chi connectivity index (χ2v) is 5.52. The first-order chi connectivity index (χ1) is 7.53. The van der Waals surface area contributed by atoms with E-state index in [9.17, 15) is 5.11 Å². The molecule has 0 aromatic carbocycles. The molecule has 0 unspecified atom stereocenters. The monoisotopic (exact) mass is 242 g/mol. The van der Waals surface area contributed by atoms with E-state index in [1.54, 1.807) is 18.3 Å². The maximum absolute atomic E-state index is 10.2. The summed E-state index contributed by atoms with van der Waals surface area (Å²) in [6.07, 6.45) is -1.17. The van der Waals surface area contributed by atoms with E-state index < -0.39 is 17.7 Å². The number of rotatable bonds is 1. The maximum atomic E-state index is 10.2. The number of thiophene rings is 1. The third kappa shape index (κ3) is 1.43. The second-order valence-electron chi connectivity index (χ2n) is 4.54. The number of hydrogen-bond donors (Lipinski definition) is 1. The zero-order valence-corrected chi connectivity index (χ0v) is 9.99. The largest absolute Gasteiger partial charge is 0.384 e. The van der Waals surface area contributed by atoms with Gasteiger partial charge in [-0.25, -0.2) is 0 Å². The van der Waals surface area contributed by atoms with Crippen LogP contribution in [0, 0.1) is 0 Å². The smallest absolute Gasteiger partial charge is 0.198 e. The summed E-state index contributed by atoms with van der Waals surface area (Å²) in [6.45, 7) is 3.94. The minimum Gasteiger partial charge on any atom is -0.384 e. The van der Waals surface area contributed by atoms with Gasteiger partial charge in [-0.1, -0.05) is 6.07 Å². The molecule has 0 spiro atoms. The molecule has 1 aromatic rings. The van der Waals surface area contributed by atoms with Crippen LogP contribution in [0.15, 0.2) is 17.5 Å². The Morgan fingerprint density at radius 2 is 2.31 bits per heavy atom. The molecule has 2 bridgehead atoms.